The van der Waals surface area contributed by atoms with Crippen molar-refractivity contribution in [2.45, 2.75) is 12.8 Å². The zero-order chi connectivity index (χ0) is 20.8. The predicted octanol–water partition coefficient (Wildman–Crippen LogP) is 3.55. The SMILES string of the molecule is COc1cccc(C(=O)Nc2ccc(NC(=O)[C@H]3CC=CC[C@H]3C(=O)O)cc2)c1. The molecular formula is C22H22N2O5. The lowest BCUT2D eigenvalue weighted by Crippen LogP contribution is -2.34. The number of benzene rings is 2. The molecule has 0 radical (unpaired) electrons. The molecule has 3 rings (SSSR count). The fourth-order valence-electron chi connectivity index (χ4n) is 3.22. The lowest BCUT2D eigenvalue weighted by Gasteiger charge is -2.24. The number of carboxylic acids is 1. The van der Waals surface area contributed by atoms with Crippen molar-refractivity contribution in [2.24, 2.45) is 11.8 Å². The maximum absolute atomic E-state index is 12.5. The summed E-state index contributed by atoms with van der Waals surface area (Å²) in [6.45, 7) is 0. The highest BCUT2D eigenvalue weighted by Gasteiger charge is 2.33. The van der Waals surface area contributed by atoms with Crippen LogP contribution in [0.25, 0.3) is 0 Å². The molecule has 7 nitrogen and oxygen atoms in total. The molecule has 150 valence electrons. The third kappa shape index (κ3) is 5.01. The van der Waals surface area contributed by atoms with Crippen molar-refractivity contribution in [3.8, 4) is 5.75 Å². The summed E-state index contributed by atoms with van der Waals surface area (Å²) < 4.78 is 5.12. The average Bonchev–Trinajstić information content (AvgIpc) is 2.75. The molecule has 0 aliphatic heterocycles. The number of methoxy groups -OCH3 is 1. The van der Waals surface area contributed by atoms with E-state index in [2.05, 4.69) is 10.6 Å². The lowest BCUT2D eigenvalue weighted by atomic mass is 9.82. The molecule has 0 heterocycles. The molecule has 1 aliphatic rings. The Morgan fingerprint density at radius 3 is 2.17 bits per heavy atom. The van der Waals surface area contributed by atoms with Crippen LogP contribution in [0.3, 0.4) is 0 Å². The van der Waals surface area contributed by atoms with Gasteiger partial charge >= 0.3 is 5.97 Å². The van der Waals surface area contributed by atoms with E-state index < -0.39 is 17.8 Å². The Labute approximate surface area is 168 Å². The van der Waals surface area contributed by atoms with Gasteiger partial charge in [0.1, 0.15) is 5.75 Å². The van der Waals surface area contributed by atoms with Crippen LogP contribution >= 0.6 is 0 Å². The fraction of sp³-hybridized carbons (Fsp3) is 0.227. The summed E-state index contributed by atoms with van der Waals surface area (Å²) in [7, 11) is 1.53. The topological polar surface area (TPSA) is 105 Å². The zero-order valence-corrected chi connectivity index (χ0v) is 15.9. The molecule has 2 aromatic rings. The van der Waals surface area contributed by atoms with Gasteiger partial charge in [-0.15, -0.1) is 0 Å². The number of hydrogen-bond acceptors (Lipinski definition) is 4. The third-order valence-electron chi connectivity index (χ3n) is 4.83. The van der Waals surface area contributed by atoms with Crippen molar-refractivity contribution < 1.29 is 24.2 Å². The van der Waals surface area contributed by atoms with Crippen LogP contribution in [-0.2, 0) is 9.59 Å². The molecule has 7 heteroatoms. The number of aliphatic carboxylic acids is 1. The van der Waals surface area contributed by atoms with Gasteiger partial charge in [-0.05, 0) is 55.3 Å². The van der Waals surface area contributed by atoms with E-state index >= 15 is 0 Å². The first kappa shape index (κ1) is 20.1. The maximum Gasteiger partial charge on any atom is 0.307 e. The standard InChI is InChI=1S/C22H22N2O5/c1-29-17-6-4-5-14(13-17)20(25)23-15-9-11-16(12-10-15)24-21(26)18-7-2-3-8-19(18)22(27)28/h2-6,9-13,18-19H,7-8H2,1H3,(H,23,25)(H,24,26)(H,27,28)/t18-,19+/m0/s1. The largest absolute Gasteiger partial charge is 0.497 e. The minimum atomic E-state index is -0.967. The second kappa shape index (κ2) is 9.05. The number of rotatable bonds is 6. The Balaban J connectivity index is 1.62. The van der Waals surface area contributed by atoms with E-state index in [-0.39, 0.29) is 11.8 Å². The molecule has 0 saturated heterocycles. The van der Waals surface area contributed by atoms with Crippen LogP contribution in [-0.4, -0.2) is 30.0 Å². The van der Waals surface area contributed by atoms with Gasteiger partial charge in [-0.3, -0.25) is 14.4 Å². The first-order valence-corrected chi connectivity index (χ1v) is 9.22. The normalized spacial score (nSPS) is 18.0. The van der Waals surface area contributed by atoms with Crippen molar-refractivity contribution in [3.05, 3.63) is 66.2 Å². The highest BCUT2D eigenvalue weighted by Crippen LogP contribution is 2.27. The van der Waals surface area contributed by atoms with E-state index in [9.17, 15) is 19.5 Å². The molecule has 0 fully saturated rings. The monoisotopic (exact) mass is 394 g/mol. The highest BCUT2D eigenvalue weighted by atomic mass is 16.5. The van der Waals surface area contributed by atoms with Crippen molar-refractivity contribution in [3.63, 3.8) is 0 Å². The molecular weight excluding hydrogens is 372 g/mol. The minimum Gasteiger partial charge on any atom is -0.497 e. The molecule has 0 unspecified atom stereocenters. The minimum absolute atomic E-state index is 0.279. The summed E-state index contributed by atoms with van der Waals surface area (Å²) >= 11 is 0. The summed E-state index contributed by atoms with van der Waals surface area (Å²) in [6.07, 6.45) is 4.38. The second-order valence-corrected chi connectivity index (χ2v) is 6.75. The van der Waals surface area contributed by atoms with Crippen LogP contribution in [0.5, 0.6) is 5.75 Å². The first-order chi connectivity index (χ1) is 14.0. The van der Waals surface area contributed by atoms with Crippen LogP contribution in [0, 0.1) is 11.8 Å². The van der Waals surface area contributed by atoms with Gasteiger partial charge in [0.15, 0.2) is 0 Å². The summed E-state index contributed by atoms with van der Waals surface area (Å²) in [5, 5.41) is 14.8. The molecule has 2 aromatic carbocycles. The lowest BCUT2D eigenvalue weighted by molar-refractivity contribution is -0.146. The van der Waals surface area contributed by atoms with Crippen molar-refractivity contribution in [2.75, 3.05) is 17.7 Å². The molecule has 3 N–H and O–H groups in total. The average molecular weight is 394 g/mol. The van der Waals surface area contributed by atoms with E-state index in [0.717, 1.165) is 0 Å². The molecule has 1 aliphatic carbocycles. The molecule has 2 atom stereocenters. The van der Waals surface area contributed by atoms with Gasteiger partial charge in [-0.1, -0.05) is 18.2 Å². The van der Waals surface area contributed by atoms with Gasteiger partial charge in [0.05, 0.1) is 18.9 Å². The van der Waals surface area contributed by atoms with Gasteiger partial charge in [0, 0.05) is 16.9 Å². The molecule has 0 saturated carbocycles. The van der Waals surface area contributed by atoms with Crippen LogP contribution in [0.2, 0.25) is 0 Å². The Morgan fingerprint density at radius 2 is 1.55 bits per heavy atom. The molecule has 0 aromatic heterocycles. The summed E-state index contributed by atoms with van der Waals surface area (Å²) in [4.78, 5) is 36.2. The number of hydrogen-bond donors (Lipinski definition) is 3. The number of amides is 2. The molecule has 2 amide bonds. The van der Waals surface area contributed by atoms with Crippen LogP contribution in [0.15, 0.2) is 60.7 Å². The number of anilines is 2. The van der Waals surface area contributed by atoms with E-state index in [1.165, 1.54) is 7.11 Å². The number of allylic oxidation sites excluding steroid dienone is 2. The van der Waals surface area contributed by atoms with Crippen molar-refractivity contribution >= 4 is 29.2 Å². The van der Waals surface area contributed by atoms with Gasteiger partial charge in [-0.25, -0.2) is 0 Å². The second-order valence-electron chi connectivity index (χ2n) is 6.75. The van der Waals surface area contributed by atoms with Crippen molar-refractivity contribution in [1.29, 1.82) is 0 Å². The smallest absolute Gasteiger partial charge is 0.307 e. The van der Waals surface area contributed by atoms with E-state index in [4.69, 9.17) is 4.74 Å². The summed E-state index contributed by atoms with van der Waals surface area (Å²) in [5.41, 5.74) is 1.57. The predicted molar refractivity (Wildman–Crippen MR) is 109 cm³/mol. The Hall–Kier alpha value is -3.61. The quantitative estimate of drug-likeness (QED) is 0.650. The zero-order valence-electron chi connectivity index (χ0n) is 15.9. The number of nitrogens with one attached hydrogen (secondary N) is 2. The summed E-state index contributed by atoms with van der Waals surface area (Å²) in [6, 6.07) is 13.5. The molecule has 0 bridgehead atoms. The Morgan fingerprint density at radius 1 is 0.931 bits per heavy atom. The van der Waals surface area contributed by atoms with Gasteiger partial charge in [0.25, 0.3) is 5.91 Å². The van der Waals surface area contributed by atoms with Crippen LogP contribution in [0.1, 0.15) is 23.2 Å². The fourth-order valence-corrected chi connectivity index (χ4v) is 3.22. The third-order valence-corrected chi connectivity index (χ3v) is 4.83. The number of carbonyl (C=O) groups excluding carboxylic acids is 2. The highest BCUT2D eigenvalue weighted by molar-refractivity contribution is 6.04. The maximum atomic E-state index is 12.5. The number of carboxylic acid groups (broad SMARTS) is 1. The number of ether oxygens (including phenoxy) is 1. The van der Waals surface area contributed by atoms with Crippen LogP contribution < -0.4 is 15.4 Å². The van der Waals surface area contributed by atoms with Gasteiger partial charge < -0.3 is 20.5 Å². The molecule has 0 spiro atoms. The van der Waals surface area contributed by atoms with Crippen LogP contribution in [0.4, 0.5) is 11.4 Å². The van der Waals surface area contributed by atoms with E-state index in [0.29, 0.717) is 35.5 Å². The van der Waals surface area contributed by atoms with Gasteiger partial charge in [0.2, 0.25) is 5.91 Å². The van der Waals surface area contributed by atoms with Crippen molar-refractivity contribution in [1.82, 2.24) is 0 Å². The Kier molecular flexibility index (Phi) is 6.29. The van der Waals surface area contributed by atoms with Gasteiger partial charge in [-0.2, -0.15) is 0 Å². The molecule has 29 heavy (non-hydrogen) atoms. The first-order valence-electron chi connectivity index (χ1n) is 9.22. The number of carbonyl (C=O) groups is 3. The summed E-state index contributed by atoms with van der Waals surface area (Å²) in [5.74, 6) is -2.31. The van der Waals surface area contributed by atoms with E-state index in [1.807, 2.05) is 6.08 Å². The van der Waals surface area contributed by atoms with E-state index in [1.54, 1.807) is 54.6 Å². The Bertz CT molecular complexity index is 936.